The molecule has 1 aliphatic heterocycles. The molecule has 3 rings (SSSR count). The maximum atomic E-state index is 5.49. The molecule has 0 amide bonds. The highest BCUT2D eigenvalue weighted by Gasteiger charge is 2.16. The number of nitrogens with one attached hydrogen (secondary N) is 1. The standard InChI is InChI=1S/C11H11N3O3/c1-12-5-10-13-14-11(17-10)7-2-3-8-9(4-7)16-6-15-8/h2-4,12H,5-6H2,1H3. The van der Waals surface area contributed by atoms with Gasteiger partial charge in [-0.25, -0.2) is 0 Å². The Morgan fingerprint density at radius 1 is 1.24 bits per heavy atom. The maximum Gasteiger partial charge on any atom is 0.247 e. The molecule has 0 saturated heterocycles. The molecule has 1 aromatic heterocycles. The van der Waals surface area contributed by atoms with E-state index in [2.05, 4.69) is 15.5 Å². The van der Waals surface area contributed by atoms with Crippen molar-refractivity contribution in [1.29, 1.82) is 0 Å². The summed E-state index contributed by atoms with van der Waals surface area (Å²) in [5.74, 6) is 2.48. The summed E-state index contributed by atoms with van der Waals surface area (Å²) in [5.41, 5.74) is 0.823. The molecule has 0 saturated carbocycles. The van der Waals surface area contributed by atoms with Crippen molar-refractivity contribution < 1.29 is 13.9 Å². The molecule has 0 bridgehead atoms. The lowest BCUT2D eigenvalue weighted by atomic mass is 10.2. The first kappa shape index (κ1) is 10.1. The summed E-state index contributed by atoms with van der Waals surface area (Å²) in [6, 6.07) is 5.53. The van der Waals surface area contributed by atoms with Crippen molar-refractivity contribution in [3.63, 3.8) is 0 Å². The summed E-state index contributed by atoms with van der Waals surface area (Å²) in [5, 5.41) is 10.9. The highest BCUT2D eigenvalue weighted by Crippen LogP contribution is 2.35. The molecule has 0 radical (unpaired) electrons. The second-order valence-corrected chi connectivity index (χ2v) is 3.60. The lowest BCUT2D eigenvalue weighted by Crippen LogP contribution is -2.04. The molecule has 1 aliphatic rings. The van der Waals surface area contributed by atoms with E-state index in [-0.39, 0.29) is 6.79 Å². The molecule has 2 heterocycles. The van der Waals surface area contributed by atoms with Crippen LogP contribution in [0.5, 0.6) is 11.5 Å². The lowest BCUT2D eigenvalue weighted by Gasteiger charge is -1.97. The summed E-state index contributed by atoms with van der Waals surface area (Å²) < 4.78 is 16.0. The third-order valence-corrected chi connectivity index (χ3v) is 2.41. The van der Waals surface area contributed by atoms with E-state index >= 15 is 0 Å². The first-order valence-corrected chi connectivity index (χ1v) is 5.24. The average Bonchev–Trinajstić information content (AvgIpc) is 2.96. The molecule has 1 aromatic carbocycles. The van der Waals surface area contributed by atoms with Gasteiger partial charge >= 0.3 is 0 Å². The van der Waals surface area contributed by atoms with Crippen molar-refractivity contribution in [2.75, 3.05) is 13.8 Å². The minimum Gasteiger partial charge on any atom is -0.454 e. The zero-order chi connectivity index (χ0) is 11.7. The summed E-state index contributed by atoms with van der Waals surface area (Å²) in [6.45, 7) is 0.811. The van der Waals surface area contributed by atoms with Crippen molar-refractivity contribution in [2.45, 2.75) is 6.54 Å². The fourth-order valence-electron chi connectivity index (χ4n) is 1.62. The Bertz CT molecular complexity index is 539. The van der Waals surface area contributed by atoms with Gasteiger partial charge in [0, 0.05) is 5.56 Å². The van der Waals surface area contributed by atoms with Crippen LogP contribution < -0.4 is 14.8 Å². The zero-order valence-electron chi connectivity index (χ0n) is 9.27. The van der Waals surface area contributed by atoms with Gasteiger partial charge in [-0.3, -0.25) is 0 Å². The average molecular weight is 233 g/mol. The number of ether oxygens (including phenoxy) is 2. The smallest absolute Gasteiger partial charge is 0.247 e. The Balaban J connectivity index is 1.92. The van der Waals surface area contributed by atoms with Crippen molar-refractivity contribution in [3.8, 4) is 23.0 Å². The normalized spacial score (nSPS) is 13.0. The van der Waals surface area contributed by atoms with Gasteiger partial charge in [-0.2, -0.15) is 0 Å². The van der Waals surface area contributed by atoms with Crippen LogP contribution in [-0.4, -0.2) is 24.0 Å². The number of fused-ring (bicyclic) bond motifs is 1. The second kappa shape index (κ2) is 4.06. The maximum absolute atomic E-state index is 5.49. The molecular formula is C11H11N3O3. The third-order valence-electron chi connectivity index (χ3n) is 2.41. The Morgan fingerprint density at radius 3 is 3.00 bits per heavy atom. The largest absolute Gasteiger partial charge is 0.454 e. The molecular weight excluding hydrogens is 222 g/mol. The number of nitrogens with zero attached hydrogens (tertiary/aromatic N) is 2. The van der Waals surface area contributed by atoms with Crippen LogP contribution in [0, 0.1) is 0 Å². The summed E-state index contributed by atoms with van der Waals surface area (Å²) >= 11 is 0. The van der Waals surface area contributed by atoms with Crippen LogP contribution in [0.15, 0.2) is 22.6 Å². The molecule has 6 nitrogen and oxygen atoms in total. The highest BCUT2D eigenvalue weighted by atomic mass is 16.7. The molecule has 17 heavy (non-hydrogen) atoms. The first-order valence-electron chi connectivity index (χ1n) is 5.24. The van der Waals surface area contributed by atoms with E-state index in [9.17, 15) is 0 Å². The predicted octanol–water partition coefficient (Wildman–Crippen LogP) is 1.18. The minimum absolute atomic E-state index is 0.258. The lowest BCUT2D eigenvalue weighted by molar-refractivity contribution is 0.174. The van der Waals surface area contributed by atoms with Gasteiger partial charge in [-0.05, 0) is 25.2 Å². The van der Waals surface area contributed by atoms with Gasteiger partial charge in [0.1, 0.15) is 0 Å². The van der Waals surface area contributed by atoms with Crippen LogP contribution in [0.4, 0.5) is 0 Å². The molecule has 88 valence electrons. The van der Waals surface area contributed by atoms with Gasteiger partial charge in [0.05, 0.1) is 6.54 Å². The molecule has 2 aromatic rings. The summed E-state index contributed by atoms with van der Waals surface area (Å²) in [6.07, 6.45) is 0. The van der Waals surface area contributed by atoms with Crippen LogP contribution in [0.3, 0.4) is 0 Å². The second-order valence-electron chi connectivity index (χ2n) is 3.60. The van der Waals surface area contributed by atoms with E-state index in [1.807, 2.05) is 25.2 Å². The molecule has 1 N–H and O–H groups in total. The van der Waals surface area contributed by atoms with E-state index in [1.54, 1.807) is 0 Å². The van der Waals surface area contributed by atoms with Gasteiger partial charge in [-0.1, -0.05) is 0 Å². The fourth-order valence-corrected chi connectivity index (χ4v) is 1.62. The minimum atomic E-state index is 0.258. The van der Waals surface area contributed by atoms with E-state index in [0.717, 1.165) is 11.3 Å². The van der Waals surface area contributed by atoms with Gasteiger partial charge in [-0.15, -0.1) is 10.2 Å². The Kier molecular flexibility index (Phi) is 2.41. The van der Waals surface area contributed by atoms with Gasteiger partial charge in [0.25, 0.3) is 0 Å². The highest BCUT2D eigenvalue weighted by molar-refractivity contribution is 5.60. The van der Waals surface area contributed by atoms with Gasteiger partial charge < -0.3 is 19.2 Å². The SMILES string of the molecule is CNCc1nnc(-c2ccc3c(c2)OCO3)o1. The number of hydrogen-bond donors (Lipinski definition) is 1. The van der Waals surface area contributed by atoms with Crippen LogP contribution in [0.2, 0.25) is 0 Å². The number of aromatic nitrogens is 2. The van der Waals surface area contributed by atoms with E-state index in [1.165, 1.54) is 0 Å². The van der Waals surface area contributed by atoms with Crippen molar-refractivity contribution in [1.82, 2.24) is 15.5 Å². The fraction of sp³-hybridized carbons (Fsp3) is 0.273. The number of benzene rings is 1. The quantitative estimate of drug-likeness (QED) is 0.858. The van der Waals surface area contributed by atoms with Crippen molar-refractivity contribution in [2.24, 2.45) is 0 Å². The predicted molar refractivity (Wildman–Crippen MR) is 58.6 cm³/mol. The van der Waals surface area contributed by atoms with Crippen molar-refractivity contribution in [3.05, 3.63) is 24.1 Å². The first-order chi connectivity index (χ1) is 8.36. The van der Waals surface area contributed by atoms with Crippen LogP contribution in [-0.2, 0) is 6.54 Å². The Labute approximate surface area is 97.6 Å². The van der Waals surface area contributed by atoms with E-state index in [4.69, 9.17) is 13.9 Å². The monoisotopic (exact) mass is 233 g/mol. The van der Waals surface area contributed by atoms with Crippen LogP contribution in [0.25, 0.3) is 11.5 Å². The molecule has 0 aliphatic carbocycles. The van der Waals surface area contributed by atoms with E-state index < -0.39 is 0 Å². The number of hydrogen-bond acceptors (Lipinski definition) is 6. The Morgan fingerprint density at radius 2 is 2.12 bits per heavy atom. The summed E-state index contributed by atoms with van der Waals surface area (Å²) in [4.78, 5) is 0. The van der Waals surface area contributed by atoms with Crippen molar-refractivity contribution >= 4 is 0 Å². The molecule has 0 spiro atoms. The van der Waals surface area contributed by atoms with Crippen LogP contribution in [0.1, 0.15) is 5.89 Å². The molecule has 0 atom stereocenters. The Hall–Kier alpha value is -2.08. The topological polar surface area (TPSA) is 69.4 Å². The molecule has 0 unspecified atom stereocenters. The molecule has 0 fully saturated rings. The van der Waals surface area contributed by atoms with E-state index in [0.29, 0.717) is 24.1 Å². The summed E-state index contributed by atoms with van der Waals surface area (Å²) in [7, 11) is 1.82. The zero-order valence-corrected chi connectivity index (χ0v) is 9.27. The third kappa shape index (κ3) is 1.83. The number of rotatable bonds is 3. The molecule has 6 heteroatoms. The van der Waals surface area contributed by atoms with Crippen LogP contribution >= 0.6 is 0 Å². The van der Waals surface area contributed by atoms with Gasteiger partial charge in [0.15, 0.2) is 11.5 Å². The van der Waals surface area contributed by atoms with Gasteiger partial charge in [0.2, 0.25) is 18.6 Å².